The molecular formula is C14H26ClN3O4S3. The summed E-state index contributed by atoms with van der Waals surface area (Å²) in [6.45, 7) is 3.78. The second-order valence-electron chi connectivity index (χ2n) is 5.84. The fourth-order valence-corrected chi connectivity index (χ4v) is 6.32. The fourth-order valence-electron chi connectivity index (χ4n) is 2.66. The van der Waals surface area contributed by atoms with Crippen molar-refractivity contribution >= 4 is 43.8 Å². The summed E-state index contributed by atoms with van der Waals surface area (Å²) in [7, 11) is -4.79. The summed E-state index contributed by atoms with van der Waals surface area (Å²) in [6.07, 6.45) is 1.36. The fraction of sp³-hybridized carbons (Fsp3) is 0.714. The predicted molar refractivity (Wildman–Crippen MR) is 104 cm³/mol. The third-order valence-electron chi connectivity index (χ3n) is 4.05. The molecular weight excluding hydrogens is 406 g/mol. The average Bonchev–Trinajstić information content (AvgIpc) is 3.17. The summed E-state index contributed by atoms with van der Waals surface area (Å²) in [5, 5.41) is 3.09. The Labute approximate surface area is 160 Å². The molecule has 2 heterocycles. The summed E-state index contributed by atoms with van der Waals surface area (Å²) >= 11 is 1.22. The van der Waals surface area contributed by atoms with Crippen molar-refractivity contribution in [3.63, 3.8) is 0 Å². The SMILES string of the molecule is CCS(=O)(=O)NCCc1ccc(S(=O)(=O)N2CCC(CNC)C2)s1.Cl. The van der Waals surface area contributed by atoms with Gasteiger partial charge < -0.3 is 5.32 Å². The molecule has 0 aliphatic carbocycles. The Hall–Kier alpha value is -0.230. The molecule has 146 valence electrons. The number of hydrogen-bond donors (Lipinski definition) is 2. The highest BCUT2D eigenvalue weighted by molar-refractivity contribution is 7.91. The van der Waals surface area contributed by atoms with Crippen molar-refractivity contribution in [1.29, 1.82) is 0 Å². The smallest absolute Gasteiger partial charge is 0.252 e. The van der Waals surface area contributed by atoms with E-state index in [2.05, 4.69) is 10.0 Å². The summed E-state index contributed by atoms with van der Waals surface area (Å²) in [6, 6.07) is 3.38. The van der Waals surface area contributed by atoms with E-state index in [1.54, 1.807) is 23.4 Å². The monoisotopic (exact) mass is 431 g/mol. The van der Waals surface area contributed by atoms with Gasteiger partial charge in [-0.25, -0.2) is 21.6 Å². The van der Waals surface area contributed by atoms with E-state index in [0.29, 0.717) is 29.6 Å². The van der Waals surface area contributed by atoms with E-state index in [1.165, 1.54) is 11.3 Å². The molecule has 1 aliphatic heterocycles. The van der Waals surface area contributed by atoms with Gasteiger partial charge in [0.25, 0.3) is 10.0 Å². The molecule has 0 saturated carbocycles. The lowest BCUT2D eigenvalue weighted by atomic mass is 10.1. The van der Waals surface area contributed by atoms with Crippen LogP contribution in [0.4, 0.5) is 0 Å². The summed E-state index contributed by atoms with van der Waals surface area (Å²) < 4.78 is 52.5. The van der Waals surface area contributed by atoms with E-state index >= 15 is 0 Å². The van der Waals surface area contributed by atoms with Gasteiger partial charge in [-0.1, -0.05) is 0 Å². The standard InChI is InChI=1S/C14H25N3O4S3.ClH/c1-3-23(18,19)16-8-6-13-4-5-14(22-13)24(20,21)17-9-7-12(11-17)10-15-2;/h4-5,12,15-16H,3,6-11H2,1-2H3;1H. The highest BCUT2D eigenvalue weighted by Crippen LogP contribution is 2.29. The second-order valence-corrected chi connectivity index (χ2v) is 11.3. The van der Waals surface area contributed by atoms with Gasteiger partial charge in [-0.15, -0.1) is 23.7 Å². The zero-order valence-corrected chi connectivity index (χ0v) is 17.7. The lowest BCUT2D eigenvalue weighted by Gasteiger charge is -2.15. The first-order chi connectivity index (χ1) is 11.3. The Kier molecular flexibility index (Phi) is 8.79. The van der Waals surface area contributed by atoms with E-state index in [4.69, 9.17) is 0 Å². The first-order valence-corrected chi connectivity index (χ1v) is 11.9. The molecule has 0 bridgehead atoms. The number of thiophene rings is 1. The second kappa shape index (κ2) is 9.63. The van der Waals surface area contributed by atoms with Crippen LogP contribution in [0.1, 0.15) is 18.2 Å². The van der Waals surface area contributed by atoms with Gasteiger partial charge in [0.15, 0.2) is 0 Å². The molecule has 1 aliphatic rings. The number of rotatable bonds is 9. The van der Waals surface area contributed by atoms with Crippen LogP contribution in [0.25, 0.3) is 0 Å². The van der Waals surface area contributed by atoms with E-state index in [-0.39, 0.29) is 24.7 Å². The van der Waals surface area contributed by atoms with Crippen LogP contribution in [0.3, 0.4) is 0 Å². The van der Waals surface area contributed by atoms with Gasteiger partial charge in [0, 0.05) is 24.5 Å². The molecule has 1 unspecified atom stereocenters. The highest BCUT2D eigenvalue weighted by Gasteiger charge is 2.33. The van der Waals surface area contributed by atoms with Crippen molar-refractivity contribution in [2.45, 2.75) is 24.0 Å². The van der Waals surface area contributed by atoms with Crippen LogP contribution < -0.4 is 10.0 Å². The minimum Gasteiger partial charge on any atom is -0.319 e. The molecule has 0 radical (unpaired) electrons. The molecule has 0 spiro atoms. The first-order valence-electron chi connectivity index (χ1n) is 7.99. The molecule has 0 amide bonds. The largest absolute Gasteiger partial charge is 0.319 e. The molecule has 1 fully saturated rings. The van der Waals surface area contributed by atoms with Crippen LogP contribution in [0, 0.1) is 5.92 Å². The zero-order valence-electron chi connectivity index (χ0n) is 14.4. The normalized spacial score (nSPS) is 19.0. The Morgan fingerprint density at radius 3 is 2.64 bits per heavy atom. The van der Waals surface area contributed by atoms with Crippen molar-refractivity contribution in [2.24, 2.45) is 5.92 Å². The molecule has 2 rings (SSSR count). The average molecular weight is 432 g/mol. The lowest BCUT2D eigenvalue weighted by Crippen LogP contribution is -2.30. The zero-order chi connectivity index (χ0) is 17.8. The van der Waals surface area contributed by atoms with Crippen molar-refractivity contribution in [3.8, 4) is 0 Å². The molecule has 1 aromatic rings. The molecule has 7 nitrogen and oxygen atoms in total. The van der Waals surface area contributed by atoms with Gasteiger partial charge in [-0.05, 0) is 51.4 Å². The van der Waals surface area contributed by atoms with Gasteiger partial charge in [-0.3, -0.25) is 0 Å². The Bertz CT molecular complexity index is 749. The molecule has 11 heteroatoms. The van der Waals surface area contributed by atoms with Crippen LogP contribution in [-0.2, 0) is 26.5 Å². The summed E-state index contributed by atoms with van der Waals surface area (Å²) in [5.74, 6) is 0.396. The van der Waals surface area contributed by atoms with E-state index in [9.17, 15) is 16.8 Å². The molecule has 1 saturated heterocycles. The number of hydrogen-bond acceptors (Lipinski definition) is 6. The van der Waals surface area contributed by atoms with Gasteiger partial charge in [0.2, 0.25) is 10.0 Å². The van der Waals surface area contributed by atoms with Crippen molar-refractivity contribution in [1.82, 2.24) is 14.3 Å². The number of nitrogens with zero attached hydrogens (tertiary/aromatic N) is 1. The van der Waals surface area contributed by atoms with Gasteiger partial charge in [0.05, 0.1) is 5.75 Å². The minimum absolute atomic E-state index is 0. The van der Waals surface area contributed by atoms with E-state index in [0.717, 1.165) is 17.8 Å². The third kappa shape index (κ3) is 6.16. The number of sulfonamides is 2. The topological polar surface area (TPSA) is 95.6 Å². The summed E-state index contributed by atoms with van der Waals surface area (Å²) in [4.78, 5) is 0.860. The third-order valence-corrected chi connectivity index (χ3v) is 8.93. The van der Waals surface area contributed by atoms with Crippen molar-refractivity contribution in [2.75, 3.05) is 39.0 Å². The Morgan fingerprint density at radius 1 is 1.28 bits per heavy atom. The maximum Gasteiger partial charge on any atom is 0.252 e. The van der Waals surface area contributed by atoms with Gasteiger partial charge in [-0.2, -0.15) is 4.31 Å². The van der Waals surface area contributed by atoms with Crippen LogP contribution in [0.5, 0.6) is 0 Å². The maximum atomic E-state index is 12.7. The Morgan fingerprint density at radius 2 is 2.00 bits per heavy atom. The lowest BCUT2D eigenvalue weighted by molar-refractivity contribution is 0.452. The number of nitrogens with one attached hydrogen (secondary N) is 2. The number of halogens is 1. The van der Waals surface area contributed by atoms with E-state index in [1.807, 2.05) is 7.05 Å². The van der Waals surface area contributed by atoms with Crippen LogP contribution in [0.15, 0.2) is 16.3 Å². The van der Waals surface area contributed by atoms with Crippen molar-refractivity contribution < 1.29 is 16.8 Å². The molecule has 1 aromatic heterocycles. The first kappa shape index (κ1) is 22.8. The summed E-state index contributed by atoms with van der Waals surface area (Å²) in [5.41, 5.74) is 0. The highest BCUT2D eigenvalue weighted by atomic mass is 35.5. The maximum absolute atomic E-state index is 12.7. The Balaban J connectivity index is 0.00000312. The molecule has 0 aromatic carbocycles. The predicted octanol–water partition coefficient (Wildman–Crippen LogP) is 0.882. The quantitative estimate of drug-likeness (QED) is 0.605. The van der Waals surface area contributed by atoms with Gasteiger partial charge >= 0.3 is 0 Å². The molecule has 25 heavy (non-hydrogen) atoms. The molecule has 1 atom stereocenters. The van der Waals surface area contributed by atoms with Crippen LogP contribution in [-0.4, -0.2) is 60.1 Å². The van der Waals surface area contributed by atoms with E-state index < -0.39 is 20.0 Å². The molecule has 2 N–H and O–H groups in total. The van der Waals surface area contributed by atoms with Crippen LogP contribution >= 0.6 is 23.7 Å². The van der Waals surface area contributed by atoms with Crippen molar-refractivity contribution in [3.05, 3.63) is 17.0 Å². The van der Waals surface area contributed by atoms with Crippen LogP contribution in [0.2, 0.25) is 0 Å². The minimum atomic E-state index is -3.44. The van der Waals surface area contributed by atoms with Gasteiger partial charge in [0.1, 0.15) is 4.21 Å².